The molecule has 0 saturated carbocycles. The Hall–Kier alpha value is -1.84. The van der Waals surface area contributed by atoms with Gasteiger partial charge in [-0.1, -0.05) is 25.1 Å². The Balaban J connectivity index is 2.03. The van der Waals surface area contributed by atoms with E-state index in [1.54, 1.807) is 4.90 Å². The molecule has 0 aromatic heterocycles. The van der Waals surface area contributed by atoms with Crippen LogP contribution in [0.15, 0.2) is 18.2 Å². The fourth-order valence-electron chi connectivity index (χ4n) is 2.53. The molecule has 4 heteroatoms. The molecular weight excluding hydrogens is 252 g/mol. The lowest BCUT2D eigenvalue weighted by Gasteiger charge is -2.29. The summed E-state index contributed by atoms with van der Waals surface area (Å²) in [6.07, 6.45) is 1.95. The van der Waals surface area contributed by atoms with Crippen molar-refractivity contribution in [2.45, 2.75) is 33.6 Å². The zero-order chi connectivity index (χ0) is 14.7. The van der Waals surface area contributed by atoms with Gasteiger partial charge >= 0.3 is 11.8 Å². The lowest BCUT2D eigenvalue weighted by atomic mass is 9.99. The van der Waals surface area contributed by atoms with E-state index in [4.69, 9.17) is 0 Å². The van der Waals surface area contributed by atoms with E-state index in [-0.39, 0.29) is 0 Å². The molecule has 1 aromatic carbocycles. The first-order valence-corrected chi connectivity index (χ1v) is 7.15. The average molecular weight is 274 g/mol. The Morgan fingerprint density at radius 1 is 1.15 bits per heavy atom. The number of aryl methyl sites for hydroxylation is 2. The van der Waals surface area contributed by atoms with Crippen LogP contribution in [0, 0.1) is 19.8 Å². The molecule has 1 aromatic rings. The van der Waals surface area contributed by atoms with E-state index in [9.17, 15) is 9.59 Å². The van der Waals surface area contributed by atoms with Gasteiger partial charge in [-0.15, -0.1) is 0 Å². The molecule has 1 fully saturated rings. The van der Waals surface area contributed by atoms with Crippen LogP contribution in [0.1, 0.15) is 30.9 Å². The SMILES string of the molecule is Cc1cccc(C)c1NC(=O)C(=O)N1CCC(C)CC1. The minimum Gasteiger partial charge on any atom is -0.334 e. The van der Waals surface area contributed by atoms with E-state index in [1.807, 2.05) is 32.0 Å². The zero-order valence-corrected chi connectivity index (χ0v) is 12.4. The van der Waals surface area contributed by atoms with Gasteiger partial charge in [0.25, 0.3) is 0 Å². The van der Waals surface area contributed by atoms with Gasteiger partial charge in [0, 0.05) is 18.8 Å². The van der Waals surface area contributed by atoms with Crippen molar-refractivity contribution in [2.75, 3.05) is 18.4 Å². The van der Waals surface area contributed by atoms with Crippen molar-refractivity contribution in [1.29, 1.82) is 0 Å². The number of nitrogens with one attached hydrogen (secondary N) is 1. The smallest absolute Gasteiger partial charge is 0.313 e. The number of anilines is 1. The highest BCUT2D eigenvalue weighted by molar-refractivity contribution is 6.39. The summed E-state index contributed by atoms with van der Waals surface area (Å²) < 4.78 is 0. The van der Waals surface area contributed by atoms with E-state index in [0.717, 1.165) is 29.7 Å². The molecule has 108 valence electrons. The van der Waals surface area contributed by atoms with Gasteiger partial charge in [-0.2, -0.15) is 0 Å². The van der Waals surface area contributed by atoms with Gasteiger partial charge in [0.2, 0.25) is 0 Å². The fraction of sp³-hybridized carbons (Fsp3) is 0.500. The Kier molecular flexibility index (Phi) is 4.42. The molecule has 0 aliphatic carbocycles. The number of rotatable bonds is 1. The molecule has 1 saturated heterocycles. The van der Waals surface area contributed by atoms with E-state index < -0.39 is 11.8 Å². The first-order chi connectivity index (χ1) is 9.49. The molecule has 0 atom stereocenters. The van der Waals surface area contributed by atoms with Gasteiger partial charge in [0.15, 0.2) is 0 Å². The highest BCUT2D eigenvalue weighted by Crippen LogP contribution is 2.20. The normalized spacial score (nSPS) is 16.1. The number of likely N-dealkylation sites (tertiary alicyclic amines) is 1. The van der Waals surface area contributed by atoms with Crippen LogP contribution in [-0.4, -0.2) is 29.8 Å². The molecule has 0 spiro atoms. The predicted molar refractivity (Wildman–Crippen MR) is 79.5 cm³/mol. The van der Waals surface area contributed by atoms with Gasteiger partial charge in [0.1, 0.15) is 0 Å². The third-order valence-electron chi connectivity index (χ3n) is 3.98. The molecule has 1 N–H and O–H groups in total. The largest absolute Gasteiger partial charge is 0.334 e. The van der Waals surface area contributed by atoms with E-state index >= 15 is 0 Å². The third-order valence-corrected chi connectivity index (χ3v) is 3.98. The van der Waals surface area contributed by atoms with E-state index in [1.165, 1.54) is 0 Å². The predicted octanol–water partition coefficient (Wildman–Crippen LogP) is 2.50. The van der Waals surface area contributed by atoms with Crippen molar-refractivity contribution >= 4 is 17.5 Å². The number of para-hydroxylation sites is 1. The summed E-state index contributed by atoms with van der Waals surface area (Å²) >= 11 is 0. The Bertz CT molecular complexity index is 497. The number of nitrogens with zero attached hydrogens (tertiary/aromatic N) is 1. The first-order valence-electron chi connectivity index (χ1n) is 7.15. The van der Waals surface area contributed by atoms with Crippen molar-refractivity contribution in [2.24, 2.45) is 5.92 Å². The van der Waals surface area contributed by atoms with Crippen LogP contribution in [0.5, 0.6) is 0 Å². The van der Waals surface area contributed by atoms with Crippen LogP contribution in [0.3, 0.4) is 0 Å². The summed E-state index contributed by atoms with van der Waals surface area (Å²) in [6, 6.07) is 5.79. The molecule has 2 amide bonds. The van der Waals surface area contributed by atoms with Crippen LogP contribution in [0.4, 0.5) is 5.69 Å². The third kappa shape index (κ3) is 3.18. The fourth-order valence-corrected chi connectivity index (χ4v) is 2.53. The standard InChI is InChI=1S/C16H22N2O2/c1-11-7-9-18(10-8-11)16(20)15(19)17-14-12(2)5-4-6-13(14)3/h4-6,11H,7-10H2,1-3H3,(H,17,19). The van der Waals surface area contributed by atoms with Gasteiger partial charge in [-0.05, 0) is 43.7 Å². The lowest BCUT2D eigenvalue weighted by Crippen LogP contribution is -2.44. The summed E-state index contributed by atoms with van der Waals surface area (Å²) in [4.78, 5) is 25.9. The van der Waals surface area contributed by atoms with Gasteiger partial charge in [0.05, 0.1) is 0 Å². The minimum atomic E-state index is -0.531. The average Bonchev–Trinajstić information content (AvgIpc) is 2.43. The zero-order valence-electron chi connectivity index (χ0n) is 12.4. The van der Waals surface area contributed by atoms with Crippen molar-refractivity contribution in [3.63, 3.8) is 0 Å². The van der Waals surface area contributed by atoms with E-state index in [0.29, 0.717) is 19.0 Å². The molecule has 0 unspecified atom stereocenters. The van der Waals surface area contributed by atoms with Crippen molar-refractivity contribution in [1.82, 2.24) is 4.90 Å². The molecular formula is C16H22N2O2. The van der Waals surface area contributed by atoms with Gasteiger partial charge in [-0.3, -0.25) is 9.59 Å². The summed E-state index contributed by atoms with van der Waals surface area (Å²) in [7, 11) is 0. The number of hydrogen-bond donors (Lipinski definition) is 1. The number of carbonyl (C=O) groups excluding carboxylic acids is 2. The number of hydrogen-bond acceptors (Lipinski definition) is 2. The quantitative estimate of drug-likeness (QED) is 0.800. The molecule has 1 aliphatic rings. The monoisotopic (exact) mass is 274 g/mol. The van der Waals surface area contributed by atoms with Crippen LogP contribution >= 0.6 is 0 Å². The topological polar surface area (TPSA) is 49.4 Å². The second-order valence-electron chi connectivity index (χ2n) is 5.70. The Morgan fingerprint density at radius 3 is 2.25 bits per heavy atom. The number of piperidine rings is 1. The van der Waals surface area contributed by atoms with Crippen molar-refractivity contribution < 1.29 is 9.59 Å². The minimum absolute atomic E-state index is 0.417. The number of benzene rings is 1. The lowest BCUT2D eigenvalue weighted by molar-refractivity contribution is -0.144. The first kappa shape index (κ1) is 14.6. The molecule has 1 heterocycles. The molecule has 0 bridgehead atoms. The van der Waals surface area contributed by atoms with Gasteiger partial charge in [-0.25, -0.2) is 0 Å². The van der Waals surface area contributed by atoms with Crippen LogP contribution in [0.2, 0.25) is 0 Å². The maximum Gasteiger partial charge on any atom is 0.313 e. The Morgan fingerprint density at radius 2 is 1.70 bits per heavy atom. The molecule has 1 aliphatic heterocycles. The highest BCUT2D eigenvalue weighted by atomic mass is 16.2. The van der Waals surface area contributed by atoms with Crippen molar-refractivity contribution in [3.8, 4) is 0 Å². The van der Waals surface area contributed by atoms with Crippen molar-refractivity contribution in [3.05, 3.63) is 29.3 Å². The van der Waals surface area contributed by atoms with Crippen LogP contribution in [-0.2, 0) is 9.59 Å². The number of amides is 2. The second-order valence-corrected chi connectivity index (χ2v) is 5.70. The summed E-state index contributed by atoms with van der Waals surface area (Å²) in [6.45, 7) is 7.39. The Labute approximate surface area is 120 Å². The van der Waals surface area contributed by atoms with E-state index in [2.05, 4.69) is 12.2 Å². The maximum absolute atomic E-state index is 12.1. The summed E-state index contributed by atoms with van der Waals surface area (Å²) in [5, 5.41) is 2.76. The molecule has 0 radical (unpaired) electrons. The van der Waals surface area contributed by atoms with Crippen LogP contribution < -0.4 is 5.32 Å². The summed E-state index contributed by atoms with van der Waals surface area (Å²) in [5.74, 6) is -0.308. The second kappa shape index (κ2) is 6.07. The number of carbonyl (C=O) groups is 2. The molecule has 2 rings (SSSR count). The van der Waals surface area contributed by atoms with Gasteiger partial charge < -0.3 is 10.2 Å². The maximum atomic E-state index is 12.1. The molecule has 4 nitrogen and oxygen atoms in total. The van der Waals surface area contributed by atoms with Crippen LogP contribution in [0.25, 0.3) is 0 Å². The summed E-state index contributed by atoms with van der Waals surface area (Å²) in [5.41, 5.74) is 2.69. The highest BCUT2D eigenvalue weighted by Gasteiger charge is 2.26. The molecule has 20 heavy (non-hydrogen) atoms.